The van der Waals surface area contributed by atoms with Gasteiger partial charge in [-0.3, -0.25) is 9.59 Å². The number of pyridine rings is 1. The molecule has 1 saturated carbocycles. The maximum absolute atomic E-state index is 12.9. The second-order valence-electron chi connectivity index (χ2n) is 9.41. The number of hydrogen-bond acceptors (Lipinski definition) is 6. The Morgan fingerprint density at radius 3 is 2.53 bits per heavy atom. The number of aromatic nitrogens is 1. The van der Waals surface area contributed by atoms with Gasteiger partial charge in [0, 0.05) is 19.2 Å². The summed E-state index contributed by atoms with van der Waals surface area (Å²) in [6.45, 7) is 3.86. The van der Waals surface area contributed by atoms with Crippen molar-refractivity contribution in [1.29, 1.82) is 0 Å². The molecule has 1 aromatic carbocycles. The third-order valence-electron chi connectivity index (χ3n) is 6.62. The Morgan fingerprint density at radius 2 is 1.94 bits per heavy atom. The Bertz CT molecular complexity index is 1350. The second kappa shape index (κ2) is 10.8. The number of amides is 1. The highest BCUT2D eigenvalue weighted by atomic mass is 32.2. The van der Waals surface area contributed by atoms with Crippen LogP contribution in [0.25, 0.3) is 22.4 Å². The van der Waals surface area contributed by atoms with Crippen LogP contribution in [-0.4, -0.2) is 48.3 Å². The number of carboxylic acid groups (broad SMARTS) is 1. The fourth-order valence-corrected chi connectivity index (χ4v) is 4.86. The molecule has 1 aliphatic rings. The molecule has 2 N–H and O–H groups in total. The number of aryl methyl sites for hydroxylation is 1. The molecule has 0 unspecified atom stereocenters. The number of carbonyl (C=O) groups is 2. The minimum atomic E-state index is -2.89. The third-order valence-corrected chi connectivity index (χ3v) is 7.42. The molecule has 1 fully saturated rings. The molecular formula is C26H31N3O6S. The lowest BCUT2D eigenvalue weighted by atomic mass is 10.0. The zero-order valence-electron chi connectivity index (χ0n) is 20.6. The average Bonchev–Trinajstić information content (AvgIpc) is 3.63. The summed E-state index contributed by atoms with van der Waals surface area (Å²) in [4.78, 5) is 28.7. The number of nitrogens with one attached hydrogen (secondary N) is 1. The highest BCUT2D eigenvalue weighted by Gasteiger charge is 2.31. The Morgan fingerprint density at radius 1 is 1.25 bits per heavy atom. The summed E-state index contributed by atoms with van der Waals surface area (Å²) in [6, 6.07) is 9.59. The lowest BCUT2D eigenvalue weighted by Gasteiger charge is -2.17. The first-order valence-electron chi connectivity index (χ1n) is 12.1. The van der Waals surface area contributed by atoms with E-state index in [0.29, 0.717) is 35.2 Å². The molecule has 2 heterocycles. The number of carbonyl (C=O) groups excluding carboxylic acids is 1. The van der Waals surface area contributed by atoms with Crippen LogP contribution in [0.1, 0.15) is 65.7 Å². The lowest BCUT2D eigenvalue weighted by Crippen LogP contribution is -2.25. The molecule has 0 saturated heterocycles. The number of benzene rings is 1. The molecule has 9 nitrogen and oxygen atoms in total. The van der Waals surface area contributed by atoms with Crippen molar-refractivity contribution in [3.63, 3.8) is 0 Å². The van der Waals surface area contributed by atoms with Crippen molar-refractivity contribution in [3.8, 4) is 11.3 Å². The molecule has 1 aliphatic carbocycles. The topological polar surface area (TPSA) is 130 Å². The molecule has 0 aliphatic heterocycles. The van der Waals surface area contributed by atoms with Crippen molar-refractivity contribution < 1.29 is 27.5 Å². The number of furan rings is 1. The van der Waals surface area contributed by atoms with Gasteiger partial charge in [0.1, 0.15) is 5.76 Å². The molecule has 192 valence electrons. The van der Waals surface area contributed by atoms with E-state index < -0.39 is 22.8 Å². The van der Waals surface area contributed by atoms with E-state index >= 15 is 0 Å². The number of carboxylic acids is 1. The van der Waals surface area contributed by atoms with Crippen LogP contribution in [-0.2, 0) is 22.2 Å². The fraction of sp³-hybridized carbons (Fsp3) is 0.423. The molecule has 1 amide bonds. The van der Waals surface area contributed by atoms with E-state index in [9.17, 15) is 18.0 Å². The Hall–Kier alpha value is -3.24. The molecule has 0 spiro atoms. The first-order valence-corrected chi connectivity index (χ1v) is 13.2. The molecule has 2 aromatic heterocycles. The van der Waals surface area contributed by atoms with Gasteiger partial charge in [0.15, 0.2) is 0 Å². The zero-order chi connectivity index (χ0) is 26.0. The predicted molar refractivity (Wildman–Crippen MR) is 136 cm³/mol. The Kier molecular flexibility index (Phi) is 7.75. The SMILES string of the molecule is CNC(=O)c1c(-c2ccc(C)cc2)oc2nc(CN(CCC[C@@H](C)C(=O)O)[SH](=O)=O)c(C3CC3)cc12. The number of fused-ring (bicyclic) bond motifs is 1. The summed E-state index contributed by atoms with van der Waals surface area (Å²) in [5.41, 5.74) is 4.05. The normalized spacial score (nSPS) is 14.5. The van der Waals surface area contributed by atoms with Crippen molar-refractivity contribution in [2.75, 3.05) is 13.6 Å². The van der Waals surface area contributed by atoms with E-state index in [2.05, 4.69) is 5.32 Å². The Balaban J connectivity index is 1.73. The molecule has 10 heteroatoms. The number of thiol groups is 1. The number of aliphatic carboxylic acids is 1. The van der Waals surface area contributed by atoms with Crippen molar-refractivity contribution in [2.24, 2.45) is 5.92 Å². The van der Waals surface area contributed by atoms with E-state index in [0.717, 1.165) is 29.5 Å². The lowest BCUT2D eigenvalue weighted by molar-refractivity contribution is -0.141. The second-order valence-corrected chi connectivity index (χ2v) is 10.5. The summed E-state index contributed by atoms with van der Waals surface area (Å²) >= 11 is 0. The van der Waals surface area contributed by atoms with Gasteiger partial charge in [-0.2, -0.15) is 4.31 Å². The van der Waals surface area contributed by atoms with Crippen molar-refractivity contribution in [2.45, 2.75) is 52.0 Å². The summed E-state index contributed by atoms with van der Waals surface area (Å²) in [5.74, 6) is -1.04. The minimum absolute atomic E-state index is 0.0673. The average molecular weight is 514 g/mol. The number of rotatable bonds is 11. The molecule has 36 heavy (non-hydrogen) atoms. The summed E-state index contributed by atoms with van der Waals surface area (Å²) in [5, 5.41) is 12.4. The van der Waals surface area contributed by atoms with Gasteiger partial charge < -0.3 is 14.8 Å². The molecule has 3 aromatic rings. The van der Waals surface area contributed by atoms with Crippen LogP contribution < -0.4 is 5.32 Å². The molecular weight excluding hydrogens is 482 g/mol. The molecule has 0 radical (unpaired) electrons. The van der Waals surface area contributed by atoms with Crippen LogP contribution in [0.4, 0.5) is 0 Å². The van der Waals surface area contributed by atoms with Gasteiger partial charge in [-0.1, -0.05) is 36.8 Å². The van der Waals surface area contributed by atoms with Crippen molar-refractivity contribution in [1.82, 2.24) is 14.6 Å². The highest BCUT2D eigenvalue weighted by molar-refractivity contribution is 7.69. The number of nitrogens with zero attached hydrogens (tertiary/aromatic N) is 2. The zero-order valence-corrected chi connectivity index (χ0v) is 21.5. The van der Waals surface area contributed by atoms with Crippen LogP contribution in [0.3, 0.4) is 0 Å². The van der Waals surface area contributed by atoms with E-state index in [1.54, 1.807) is 14.0 Å². The molecule has 1 atom stereocenters. The quantitative estimate of drug-likeness (QED) is 0.332. The largest absolute Gasteiger partial charge is 0.481 e. The van der Waals surface area contributed by atoms with Crippen LogP contribution in [0, 0.1) is 12.8 Å². The fourth-order valence-electron chi connectivity index (χ4n) is 4.30. The first-order chi connectivity index (χ1) is 17.2. The van der Waals surface area contributed by atoms with Crippen LogP contribution in [0.5, 0.6) is 0 Å². The van der Waals surface area contributed by atoms with Crippen molar-refractivity contribution >= 4 is 33.9 Å². The van der Waals surface area contributed by atoms with Gasteiger partial charge >= 0.3 is 5.97 Å². The third kappa shape index (κ3) is 5.60. The van der Waals surface area contributed by atoms with E-state index in [-0.39, 0.29) is 30.6 Å². The highest BCUT2D eigenvalue weighted by Crippen LogP contribution is 2.44. The Labute approximate surface area is 211 Å². The van der Waals surface area contributed by atoms with Gasteiger partial charge in [-0.05, 0) is 50.2 Å². The summed E-state index contributed by atoms with van der Waals surface area (Å²) in [7, 11) is -1.32. The van der Waals surface area contributed by atoms with Gasteiger partial charge in [0.05, 0.1) is 29.1 Å². The van der Waals surface area contributed by atoms with Gasteiger partial charge in [-0.15, -0.1) is 0 Å². The van der Waals surface area contributed by atoms with Crippen LogP contribution in [0.15, 0.2) is 34.7 Å². The maximum atomic E-state index is 12.9. The maximum Gasteiger partial charge on any atom is 0.306 e. The van der Waals surface area contributed by atoms with Gasteiger partial charge in [0.25, 0.3) is 5.91 Å². The number of hydrogen-bond donors (Lipinski definition) is 3. The van der Waals surface area contributed by atoms with Crippen LogP contribution in [0.2, 0.25) is 0 Å². The smallest absolute Gasteiger partial charge is 0.306 e. The summed E-state index contributed by atoms with van der Waals surface area (Å²) < 4.78 is 31.4. The molecule has 0 bridgehead atoms. The van der Waals surface area contributed by atoms with E-state index in [1.807, 2.05) is 37.3 Å². The predicted octanol–water partition coefficient (Wildman–Crippen LogP) is 3.87. The molecule has 4 rings (SSSR count). The van der Waals surface area contributed by atoms with Crippen molar-refractivity contribution in [3.05, 3.63) is 52.7 Å². The monoisotopic (exact) mass is 513 g/mol. The van der Waals surface area contributed by atoms with Crippen LogP contribution >= 0.6 is 0 Å². The van der Waals surface area contributed by atoms with E-state index in [4.69, 9.17) is 14.5 Å². The standard InChI is InChI=1S/C26H31N3O6S/c1-15-6-8-18(9-7-15)23-22(24(30)27-3)20-13-19(17-10-11-17)21(28-25(20)35-23)14-29(36(33)34)12-4-5-16(2)26(31)32/h6-9,13,16-17,36H,4-5,10-12,14H2,1-3H3,(H,27,30)(H,31,32)/t16-/m1/s1. The first kappa shape index (κ1) is 25.8. The van der Waals surface area contributed by atoms with Gasteiger partial charge in [-0.25, -0.2) is 13.4 Å². The summed E-state index contributed by atoms with van der Waals surface area (Å²) in [6.07, 6.45) is 2.75. The minimum Gasteiger partial charge on any atom is -0.481 e. The van der Waals surface area contributed by atoms with Gasteiger partial charge in [0.2, 0.25) is 16.6 Å². The van der Waals surface area contributed by atoms with E-state index in [1.165, 1.54) is 4.31 Å².